The van der Waals surface area contributed by atoms with E-state index in [4.69, 9.17) is 14.2 Å². The lowest BCUT2D eigenvalue weighted by molar-refractivity contribution is -0.187. The Morgan fingerprint density at radius 2 is 1.64 bits per heavy atom. The molecule has 1 saturated carbocycles. The smallest absolute Gasteiger partial charge is 0.311 e. The van der Waals surface area contributed by atoms with Crippen molar-refractivity contribution in [2.45, 2.75) is 105 Å². The Labute approximate surface area is 152 Å². The van der Waals surface area contributed by atoms with Gasteiger partial charge in [-0.3, -0.25) is 9.59 Å². The summed E-state index contributed by atoms with van der Waals surface area (Å²) >= 11 is 0. The number of hydrogen-bond acceptors (Lipinski definition) is 5. The zero-order chi connectivity index (χ0) is 19.4. The van der Waals surface area contributed by atoms with Gasteiger partial charge in [0.05, 0.1) is 29.1 Å². The van der Waals surface area contributed by atoms with E-state index < -0.39 is 5.41 Å². The summed E-state index contributed by atoms with van der Waals surface area (Å²) in [4.78, 5) is 24.7. The zero-order valence-electron chi connectivity index (χ0n) is 17.2. The molecule has 25 heavy (non-hydrogen) atoms. The molecule has 0 aromatic carbocycles. The van der Waals surface area contributed by atoms with E-state index in [2.05, 4.69) is 0 Å². The zero-order valence-corrected chi connectivity index (χ0v) is 17.2. The van der Waals surface area contributed by atoms with Crippen LogP contribution in [-0.4, -0.2) is 35.9 Å². The molecule has 5 heteroatoms. The van der Waals surface area contributed by atoms with Crippen LogP contribution in [0.2, 0.25) is 0 Å². The van der Waals surface area contributed by atoms with Crippen molar-refractivity contribution in [3.05, 3.63) is 0 Å². The molecular formula is C20H36O5. The lowest BCUT2D eigenvalue weighted by Crippen LogP contribution is -2.46. The predicted octanol–water partition coefficient (Wildman–Crippen LogP) is 4.27. The summed E-state index contributed by atoms with van der Waals surface area (Å²) in [6.45, 7) is 15.4. The normalized spacial score (nSPS) is 24.9. The van der Waals surface area contributed by atoms with Crippen LogP contribution in [-0.2, 0) is 23.8 Å². The maximum atomic E-state index is 12.5. The fourth-order valence-electron chi connectivity index (χ4n) is 2.80. The number of carbonyl (C=O) groups excluding carboxylic acids is 2. The van der Waals surface area contributed by atoms with E-state index in [0.29, 0.717) is 25.7 Å². The number of esters is 2. The van der Waals surface area contributed by atoms with Gasteiger partial charge in [-0.2, -0.15) is 0 Å². The molecule has 0 heterocycles. The monoisotopic (exact) mass is 356 g/mol. The SMILES string of the molecule is CCC(C)(C)C(=O)OC1CCC(C(=O)OC(C)C)CC1OC(C)(C)C. The summed E-state index contributed by atoms with van der Waals surface area (Å²) in [5.41, 5.74) is -0.890. The van der Waals surface area contributed by atoms with Crippen molar-refractivity contribution in [2.24, 2.45) is 11.3 Å². The first-order valence-corrected chi connectivity index (χ1v) is 9.45. The van der Waals surface area contributed by atoms with Gasteiger partial charge in [0.25, 0.3) is 0 Å². The van der Waals surface area contributed by atoms with Crippen molar-refractivity contribution in [2.75, 3.05) is 0 Å². The van der Waals surface area contributed by atoms with Crippen molar-refractivity contribution in [1.29, 1.82) is 0 Å². The number of rotatable bonds is 6. The highest BCUT2D eigenvalue weighted by atomic mass is 16.6. The summed E-state index contributed by atoms with van der Waals surface area (Å²) in [6, 6.07) is 0. The van der Waals surface area contributed by atoms with Crippen molar-refractivity contribution in [3.8, 4) is 0 Å². The summed E-state index contributed by atoms with van der Waals surface area (Å²) in [5, 5.41) is 0. The van der Waals surface area contributed by atoms with Crippen molar-refractivity contribution in [3.63, 3.8) is 0 Å². The van der Waals surface area contributed by atoms with Gasteiger partial charge in [-0.1, -0.05) is 6.92 Å². The molecule has 0 amide bonds. The highest BCUT2D eigenvalue weighted by Gasteiger charge is 2.41. The second-order valence-corrected chi connectivity index (χ2v) is 8.95. The van der Waals surface area contributed by atoms with E-state index in [1.165, 1.54) is 0 Å². The molecule has 0 radical (unpaired) electrons. The molecule has 0 bridgehead atoms. The van der Waals surface area contributed by atoms with Crippen LogP contribution in [0.4, 0.5) is 0 Å². The molecule has 1 aliphatic carbocycles. The van der Waals surface area contributed by atoms with Crippen molar-refractivity contribution < 1.29 is 23.8 Å². The van der Waals surface area contributed by atoms with Gasteiger partial charge < -0.3 is 14.2 Å². The van der Waals surface area contributed by atoms with Gasteiger partial charge in [0.1, 0.15) is 6.10 Å². The Hall–Kier alpha value is -1.10. The van der Waals surface area contributed by atoms with Gasteiger partial charge in [-0.05, 0) is 74.1 Å². The van der Waals surface area contributed by atoms with E-state index in [0.717, 1.165) is 0 Å². The predicted molar refractivity (Wildman–Crippen MR) is 97.1 cm³/mol. The minimum absolute atomic E-state index is 0.129. The van der Waals surface area contributed by atoms with E-state index in [1.54, 1.807) is 0 Å². The summed E-state index contributed by atoms with van der Waals surface area (Å²) < 4.78 is 17.3. The molecule has 3 unspecified atom stereocenters. The molecule has 1 rings (SSSR count). The number of ether oxygens (including phenoxy) is 3. The van der Waals surface area contributed by atoms with Crippen LogP contribution in [0.1, 0.15) is 81.1 Å². The molecule has 0 aromatic heterocycles. The first-order valence-electron chi connectivity index (χ1n) is 9.45. The van der Waals surface area contributed by atoms with Crippen LogP contribution in [0.25, 0.3) is 0 Å². The molecule has 5 nitrogen and oxygen atoms in total. The van der Waals surface area contributed by atoms with Crippen LogP contribution in [0.3, 0.4) is 0 Å². The second-order valence-electron chi connectivity index (χ2n) is 8.95. The largest absolute Gasteiger partial charge is 0.463 e. The highest BCUT2D eigenvalue weighted by Crippen LogP contribution is 2.34. The van der Waals surface area contributed by atoms with E-state index in [-0.39, 0.29) is 41.8 Å². The second kappa shape index (κ2) is 8.52. The van der Waals surface area contributed by atoms with Crippen LogP contribution in [0, 0.1) is 11.3 Å². The number of carbonyl (C=O) groups is 2. The van der Waals surface area contributed by atoms with Crippen molar-refractivity contribution >= 4 is 11.9 Å². The van der Waals surface area contributed by atoms with Gasteiger partial charge in [0.15, 0.2) is 0 Å². The Balaban J connectivity index is 2.84. The first-order chi connectivity index (χ1) is 11.4. The van der Waals surface area contributed by atoms with Gasteiger partial charge in [-0.25, -0.2) is 0 Å². The molecule has 0 N–H and O–H groups in total. The average Bonchev–Trinajstić information content (AvgIpc) is 2.46. The van der Waals surface area contributed by atoms with Gasteiger partial charge >= 0.3 is 11.9 Å². The van der Waals surface area contributed by atoms with Crippen LogP contribution in [0.5, 0.6) is 0 Å². The molecule has 0 saturated heterocycles. The minimum Gasteiger partial charge on any atom is -0.463 e. The topological polar surface area (TPSA) is 61.8 Å². The molecular weight excluding hydrogens is 320 g/mol. The molecule has 0 aliphatic heterocycles. The lowest BCUT2D eigenvalue weighted by atomic mass is 9.84. The van der Waals surface area contributed by atoms with Crippen LogP contribution in [0.15, 0.2) is 0 Å². The Kier molecular flexibility index (Phi) is 7.48. The number of hydrogen-bond donors (Lipinski definition) is 0. The molecule has 146 valence electrons. The average molecular weight is 357 g/mol. The summed E-state index contributed by atoms with van der Waals surface area (Å²) in [7, 11) is 0. The molecule has 3 atom stereocenters. The van der Waals surface area contributed by atoms with Crippen LogP contribution >= 0.6 is 0 Å². The van der Waals surface area contributed by atoms with E-state index in [1.807, 2.05) is 55.4 Å². The molecule has 0 spiro atoms. The first kappa shape index (κ1) is 21.9. The highest BCUT2D eigenvalue weighted by molar-refractivity contribution is 5.76. The maximum Gasteiger partial charge on any atom is 0.311 e. The molecule has 1 aliphatic rings. The van der Waals surface area contributed by atoms with Gasteiger partial charge in [0, 0.05) is 0 Å². The van der Waals surface area contributed by atoms with Gasteiger partial charge in [0.2, 0.25) is 0 Å². The fraction of sp³-hybridized carbons (Fsp3) is 0.900. The van der Waals surface area contributed by atoms with Gasteiger partial charge in [-0.15, -0.1) is 0 Å². The molecule has 1 fully saturated rings. The summed E-state index contributed by atoms with van der Waals surface area (Å²) in [6.07, 6.45) is 1.76. The summed E-state index contributed by atoms with van der Waals surface area (Å²) in [5.74, 6) is -0.592. The minimum atomic E-state index is -0.514. The Morgan fingerprint density at radius 3 is 2.12 bits per heavy atom. The third kappa shape index (κ3) is 6.96. The standard InChI is InChI=1S/C20H36O5/c1-9-20(7,8)18(22)24-15-11-10-14(17(21)23-13(2)3)12-16(15)25-19(4,5)6/h13-16H,9-12H2,1-8H3. The van der Waals surface area contributed by atoms with Crippen molar-refractivity contribution in [1.82, 2.24) is 0 Å². The van der Waals surface area contributed by atoms with E-state index >= 15 is 0 Å². The van der Waals surface area contributed by atoms with E-state index in [9.17, 15) is 9.59 Å². The fourth-order valence-corrected chi connectivity index (χ4v) is 2.80. The van der Waals surface area contributed by atoms with Crippen LogP contribution < -0.4 is 0 Å². The quantitative estimate of drug-likeness (QED) is 0.665. The lowest BCUT2D eigenvalue weighted by Gasteiger charge is -2.39. The maximum absolute atomic E-state index is 12.5. The third-order valence-electron chi connectivity index (χ3n) is 4.62. The third-order valence-corrected chi connectivity index (χ3v) is 4.62. The Morgan fingerprint density at radius 1 is 1.04 bits per heavy atom. The molecule has 0 aromatic rings. The Bertz CT molecular complexity index is 461.